The number of rotatable bonds is 2. The van der Waals surface area contributed by atoms with Crippen LogP contribution in [0.4, 0.5) is 11.4 Å². The second-order valence-electron chi connectivity index (χ2n) is 5.29. The Kier molecular flexibility index (Phi) is 3.18. The number of amides is 1. The third-order valence-electron chi connectivity index (χ3n) is 3.75. The van der Waals surface area contributed by atoms with Crippen LogP contribution < -0.4 is 11.1 Å². The second-order valence-corrected chi connectivity index (χ2v) is 5.29. The van der Waals surface area contributed by atoms with Crippen molar-refractivity contribution in [1.82, 2.24) is 9.88 Å². The van der Waals surface area contributed by atoms with Crippen LogP contribution in [0.25, 0.3) is 10.9 Å². The average Bonchev–Trinajstić information content (AvgIpc) is 2.43. The van der Waals surface area contributed by atoms with E-state index in [1.165, 1.54) is 0 Å². The lowest BCUT2D eigenvalue weighted by atomic mass is 10.0. The van der Waals surface area contributed by atoms with Crippen LogP contribution in [0.15, 0.2) is 30.5 Å². The maximum Gasteiger partial charge on any atom is 0.222 e. The van der Waals surface area contributed by atoms with E-state index in [2.05, 4.69) is 10.3 Å². The summed E-state index contributed by atoms with van der Waals surface area (Å²) in [7, 11) is 1.85. The molecular weight excluding hydrogens is 252 g/mol. The fourth-order valence-corrected chi connectivity index (χ4v) is 2.64. The summed E-state index contributed by atoms with van der Waals surface area (Å²) >= 11 is 0. The van der Waals surface area contributed by atoms with Gasteiger partial charge in [-0.25, -0.2) is 0 Å². The number of hydrogen-bond acceptors (Lipinski definition) is 4. The predicted molar refractivity (Wildman–Crippen MR) is 80.4 cm³/mol. The minimum absolute atomic E-state index is 0.218. The van der Waals surface area contributed by atoms with Gasteiger partial charge in [0.2, 0.25) is 5.91 Å². The number of nitrogens with zero attached hydrogens (tertiary/aromatic N) is 2. The Morgan fingerprint density at radius 2 is 2.25 bits per heavy atom. The Hall–Kier alpha value is -2.30. The average molecular weight is 270 g/mol. The molecule has 2 aromatic rings. The van der Waals surface area contributed by atoms with Gasteiger partial charge in [0, 0.05) is 49.0 Å². The van der Waals surface area contributed by atoms with Crippen LogP contribution in [0.1, 0.15) is 12.8 Å². The fraction of sp³-hybridized carbons (Fsp3) is 0.333. The van der Waals surface area contributed by atoms with Crippen LogP contribution in [0.2, 0.25) is 0 Å². The first-order valence-electron chi connectivity index (χ1n) is 6.78. The van der Waals surface area contributed by atoms with Gasteiger partial charge in [0.1, 0.15) is 0 Å². The van der Waals surface area contributed by atoms with Crippen molar-refractivity contribution in [3.8, 4) is 0 Å². The van der Waals surface area contributed by atoms with Crippen molar-refractivity contribution in [3.05, 3.63) is 30.5 Å². The Labute approximate surface area is 117 Å². The number of hydrogen-bond donors (Lipinski definition) is 2. The van der Waals surface area contributed by atoms with Crippen molar-refractivity contribution in [2.75, 3.05) is 24.6 Å². The van der Waals surface area contributed by atoms with Gasteiger partial charge in [-0.05, 0) is 30.7 Å². The molecule has 1 aromatic heterocycles. The van der Waals surface area contributed by atoms with E-state index in [1.807, 2.05) is 31.3 Å². The topological polar surface area (TPSA) is 71.2 Å². The molecule has 1 amide bonds. The van der Waals surface area contributed by atoms with Crippen LogP contribution >= 0.6 is 0 Å². The summed E-state index contributed by atoms with van der Waals surface area (Å²) in [5.74, 6) is 0.218. The van der Waals surface area contributed by atoms with E-state index >= 15 is 0 Å². The van der Waals surface area contributed by atoms with Crippen molar-refractivity contribution in [2.45, 2.75) is 18.9 Å². The number of pyridine rings is 1. The third-order valence-corrected chi connectivity index (χ3v) is 3.75. The minimum atomic E-state index is 0.218. The van der Waals surface area contributed by atoms with Gasteiger partial charge in [-0.2, -0.15) is 0 Å². The summed E-state index contributed by atoms with van der Waals surface area (Å²) in [6, 6.07) is 7.98. The first kappa shape index (κ1) is 12.7. The Bertz CT molecular complexity index is 655. The van der Waals surface area contributed by atoms with Gasteiger partial charge in [-0.3, -0.25) is 9.78 Å². The van der Waals surface area contributed by atoms with E-state index < -0.39 is 0 Å². The molecule has 3 rings (SSSR count). The highest BCUT2D eigenvalue weighted by molar-refractivity contribution is 5.92. The van der Waals surface area contributed by atoms with Crippen LogP contribution in [0.5, 0.6) is 0 Å². The number of carbonyl (C=O) groups is 1. The summed E-state index contributed by atoms with van der Waals surface area (Å²) in [4.78, 5) is 17.6. The number of nitrogens with two attached hydrogens (primary N) is 1. The highest BCUT2D eigenvalue weighted by atomic mass is 16.2. The van der Waals surface area contributed by atoms with E-state index in [1.54, 1.807) is 11.1 Å². The molecule has 2 heterocycles. The number of nitrogens with one attached hydrogen (secondary N) is 1. The molecule has 0 bridgehead atoms. The van der Waals surface area contributed by atoms with Crippen LogP contribution in [0.3, 0.4) is 0 Å². The van der Waals surface area contributed by atoms with E-state index in [-0.39, 0.29) is 11.9 Å². The molecule has 5 nitrogen and oxygen atoms in total. The molecule has 1 saturated heterocycles. The normalized spacial score (nSPS) is 19.4. The Morgan fingerprint density at radius 3 is 3.05 bits per heavy atom. The molecule has 0 saturated carbocycles. The summed E-state index contributed by atoms with van der Waals surface area (Å²) in [6.45, 7) is 0.734. The standard InChI is InChI=1S/C15H18N4O/c1-19-9-11(3-5-15(19)20)18-13-6-7-17-14-8-10(16)2-4-12(13)14/h2,4,6-8,11H,3,5,9,16H2,1H3,(H,17,18). The lowest BCUT2D eigenvalue weighted by Gasteiger charge is -2.31. The molecule has 1 fully saturated rings. The van der Waals surface area contributed by atoms with Gasteiger partial charge in [0.05, 0.1) is 5.52 Å². The monoisotopic (exact) mass is 270 g/mol. The van der Waals surface area contributed by atoms with Crippen molar-refractivity contribution < 1.29 is 4.79 Å². The van der Waals surface area contributed by atoms with E-state index in [4.69, 9.17) is 5.73 Å². The van der Waals surface area contributed by atoms with E-state index in [0.717, 1.165) is 29.6 Å². The minimum Gasteiger partial charge on any atom is -0.399 e. The summed E-state index contributed by atoms with van der Waals surface area (Å²) in [6.07, 6.45) is 3.24. The van der Waals surface area contributed by atoms with Crippen LogP contribution in [0, 0.1) is 0 Å². The third kappa shape index (κ3) is 2.39. The van der Waals surface area contributed by atoms with E-state index in [9.17, 15) is 4.79 Å². The molecule has 20 heavy (non-hydrogen) atoms. The fourth-order valence-electron chi connectivity index (χ4n) is 2.64. The molecular formula is C15H18N4O. The highest BCUT2D eigenvalue weighted by Gasteiger charge is 2.22. The van der Waals surface area contributed by atoms with Crippen molar-refractivity contribution in [1.29, 1.82) is 0 Å². The molecule has 1 atom stereocenters. The number of anilines is 2. The number of likely N-dealkylation sites (tertiary alicyclic amines) is 1. The van der Waals surface area contributed by atoms with Gasteiger partial charge in [0.15, 0.2) is 0 Å². The lowest BCUT2D eigenvalue weighted by molar-refractivity contribution is -0.132. The zero-order valence-corrected chi connectivity index (χ0v) is 11.5. The molecule has 1 aliphatic rings. The number of fused-ring (bicyclic) bond motifs is 1. The van der Waals surface area contributed by atoms with Crippen molar-refractivity contribution in [3.63, 3.8) is 0 Å². The number of aromatic nitrogens is 1. The molecule has 1 aliphatic heterocycles. The number of likely N-dealkylation sites (N-methyl/N-ethyl adjacent to an activating group) is 1. The van der Waals surface area contributed by atoms with Gasteiger partial charge in [-0.1, -0.05) is 0 Å². The van der Waals surface area contributed by atoms with Gasteiger partial charge in [0.25, 0.3) is 0 Å². The predicted octanol–water partition coefficient (Wildman–Crippen LogP) is 1.85. The highest BCUT2D eigenvalue weighted by Crippen LogP contribution is 2.25. The first-order valence-corrected chi connectivity index (χ1v) is 6.78. The SMILES string of the molecule is CN1CC(Nc2ccnc3cc(N)ccc23)CCC1=O. The van der Waals surface area contributed by atoms with Crippen LogP contribution in [-0.4, -0.2) is 35.4 Å². The number of nitrogen functional groups attached to an aromatic ring is 1. The Morgan fingerprint density at radius 1 is 1.40 bits per heavy atom. The molecule has 1 unspecified atom stereocenters. The zero-order valence-electron chi connectivity index (χ0n) is 11.5. The quantitative estimate of drug-likeness (QED) is 0.817. The largest absolute Gasteiger partial charge is 0.399 e. The molecule has 104 valence electrons. The number of piperidine rings is 1. The van der Waals surface area contributed by atoms with Gasteiger partial charge in [-0.15, -0.1) is 0 Å². The van der Waals surface area contributed by atoms with E-state index in [0.29, 0.717) is 12.1 Å². The van der Waals surface area contributed by atoms with Crippen molar-refractivity contribution >= 4 is 28.2 Å². The number of benzene rings is 1. The smallest absolute Gasteiger partial charge is 0.222 e. The van der Waals surface area contributed by atoms with Crippen molar-refractivity contribution in [2.24, 2.45) is 0 Å². The van der Waals surface area contributed by atoms with Crippen LogP contribution in [-0.2, 0) is 4.79 Å². The summed E-state index contributed by atoms with van der Waals surface area (Å²) < 4.78 is 0. The molecule has 1 aromatic carbocycles. The molecule has 3 N–H and O–H groups in total. The molecule has 0 aliphatic carbocycles. The molecule has 0 spiro atoms. The molecule has 0 radical (unpaired) electrons. The summed E-state index contributed by atoms with van der Waals surface area (Å²) in [5, 5.41) is 4.58. The number of carbonyl (C=O) groups excluding carboxylic acids is 1. The maximum absolute atomic E-state index is 11.5. The first-order chi connectivity index (χ1) is 9.63. The van der Waals surface area contributed by atoms with Gasteiger partial charge < -0.3 is 16.0 Å². The van der Waals surface area contributed by atoms with Gasteiger partial charge >= 0.3 is 0 Å². The second kappa shape index (κ2) is 5.00. The maximum atomic E-state index is 11.5. The summed E-state index contributed by atoms with van der Waals surface area (Å²) in [5.41, 5.74) is 8.43. The zero-order chi connectivity index (χ0) is 14.1. The lowest BCUT2D eigenvalue weighted by Crippen LogP contribution is -2.43. The Balaban J connectivity index is 1.86. The molecule has 5 heteroatoms.